The monoisotopic (exact) mass is 305 g/mol. The van der Waals surface area contributed by atoms with E-state index in [9.17, 15) is 4.39 Å². The average Bonchev–Trinajstić information content (AvgIpc) is 2.42. The van der Waals surface area contributed by atoms with Crippen LogP contribution in [0.3, 0.4) is 0 Å². The molecular weight excluding hydrogens is 293 g/mol. The summed E-state index contributed by atoms with van der Waals surface area (Å²) in [5.74, 6) is 5.95. The van der Waals surface area contributed by atoms with Crippen molar-refractivity contribution in [3.05, 3.63) is 64.4 Å². The molecule has 0 unspecified atom stereocenters. The summed E-state index contributed by atoms with van der Waals surface area (Å²) in [5.41, 5.74) is 6.85. The van der Waals surface area contributed by atoms with Gasteiger partial charge in [0, 0.05) is 21.2 Å². The minimum absolute atomic E-state index is 0.267. The van der Waals surface area contributed by atoms with E-state index in [1.165, 1.54) is 12.1 Å². The second-order valence-electron chi connectivity index (χ2n) is 4.10. The number of rotatable bonds is 3. The second-order valence-corrected chi connectivity index (χ2v) is 5.59. The highest BCUT2D eigenvalue weighted by atomic mass is 35.5. The Morgan fingerprint density at radius 3 is 2.80 bits per heavy atom. The third kappa shape index (κ3) is 4.57. The highest BCUT2D eigenvalue weighted by molar-refractivity contribution is 7.98. The van der Waals surface area contributed by atoms with Gasteiger partial charge in [-0.1, -0.05) is 29.5 Å². The number of thioether (sulfide) groups is 1. The predicted molar refractivity (Wildman–Crippen MR) is 83.3 cm³/mol. The minimum atomic E-state index is -0.282. The predicted octanol–water partition coefficient (Wildman–Crippen LogP) is 4.08. The fourth-order valence-electron chi connectivity index (χ4n) is 1.68. The van der Waals surface area contributed by atoms with Gasteiger partial charge in [0.2, 0.25) is 0 Å². The normalized spacial score (nSPS) is 9.95. The van der Waals surface area contributed by atoms with E-state index >= 15 is 0 Å². The third-order valence-electron chi connectivity index (χ3n) is 2.49. The van der Waals surface area contributed by atoms with E-state index < -0.39 is 0 Å². The first-order chi connectivity index (χ1) is 9.67. The molecule has 102 valence electrons. The topological polar surface area (TPSA) is 26.0 Å². The van der Waals surface area contributed by atoms with Crippen LogP contribution in [0.4, 0.5) is 4.39 Å². The summed E-state index contributed by atoms with van der Waals surface area (Å²) in [5, 5.41) is 0.698. The lowest BCUT2D eigenvalue weighted by Crippen LogP contribution is -1.93. The first-order valence-corrected chi connectivity index (χ1v) is 7.40. The molecule has 0 saturated carbocycles. The van der Waals surface area contributed by atoms with Crippen molar-refractivity contribution in [3.8, 4) is 11.8 Å². The van der Waals surface area contributed by atoms with Crippen molar-refractivity contribution < 1.29 is 4.39 Å². The maximum absolute atomic E-state index is 13.5. The van der Waals surface area contributed by atoms with E-state index in [0.29, 0.717) is 16.3 Å². The summed E-state index contributed by atoms with van der Waals surface area (Å²) in [6.07, 6.45) is 0. The molecule has 0 spiro atoms. The Bertz CT molecular complexity index is 661. The molecule has 0 aliphatic rings. The molecular formula is C16H13ClFNS. The molecule has 0 bridgehead atoms. The van der Waals surface area contributed by atoms with Crippen LogP contribution in [0.1, 0.15) is 11.1 Å². The number of benzene rings is 2. The molecule has 2 aromatic carbocycles. The quantitative estimate of drug-likeness (QED) is 0.683. The van der Waals surface area contributed by atoms with Crippen molar-refractivity contribution in [2.45, 2.75) is 10.6 Å². The molecule has 0 fully saturated rings. The van der Waals surface area contributed by atoms with Crippen LogP contribution in [-0.4, -0.2) is 6.54 Å². The summed E-state index contributed by atoms with van der Waals surface area (Å²) in [7, 11) is 0. The fraction of sp³-hybridized carbons (Fsp3) is 0.125. The molecule has 0 aliphatic heterocycles. The molecule has 4 heteroatoms. The van der Waals surface area contributed by atoms with E-state index in [0.717, 1.165) is 10.5 Å². The minimum Gasteiger partial charge on any atom is -0.320 e. The van der Waals surface area contributed by atoms with Gasteiger partial charge >= 0.3 is 0 Å². The Morgan fingerprint density at radius 1 is 1.20 bits per heavy atom. The Kier molecular flexibility index (Phi) is 5.49. The number of hydrogen-bond donors (Lipinski definition) is 1. The zero-order valence-electron chi connectivity index (χ0n) is 10.7. The van der Waals surface area contributed by atoms with Gasteiger partial charge in [-0.2, -0.15) is 0 Å². The van der Waals surface area contributed by atoms with Crippen molar-refractivity contribution in [1.29, 1.82) is 0 Å². The number of hydrogen-bond acceptors (Lipinski definition) is 2. The standard InChI is InChI=1S/C16H13ClFNS/c17-14-4-1-5-16(10-14)20-11-13-7-12(3-2-6-19)8-15(18)9-13/h1,4-5,7-10H,6,11,19H2. The summed E-state index contributed by atoms with van der Waals surface area (Å²) in [4.78, 5) is 1.05. The highest BCUT2D eigenvalue weighted by Gasteiger charge is 2.01. The second kappa shape index (κ2) is 7.35. The van der Waals surface area contributed by atoms with Crippen molar-refractivity contribution in [1.82, 2.24) is 0 Å². The Balaban J connectivity index is 2.11. The highest BCUT2D eigenvalue weighted by Crippen LogP contribution is 2.25. The van der Waals surface area contributed by atoms with Crippen LogP contribution in [0.25, 0.3) is 0 Å². The molecule has 0 aliphatic carbocycles. The molecule has 2 rings (SSSR count). The molecule has 0 atom stereocenters. The summed E-state index contributed by atoms with van der Waals surface area (Å²) >= 11 is 7.54. The molecule has 0 radical (unpaired) electrons. The van der Waals surface area contributed by atoms with Gasteiger partial charge in [0.05, 0.1) is 6.54 Å². The van der Waals surface area contributed by atoms with Crippen LogP contribution < -0.4 is 5.73 Å². The molecule has 1 nitrogen and oxygen atoms in total. The van der Waals surface area contributed by atoms with Gasteiger partial charge in [0.25, 0.3) is 0 Å². The lowest BCUT2D eigenvalue weighted by Gasteiger charge is -2.04. The van der Waals surface area contributed by atoms with Crippen LogP contribution in [0.15, 0.2) is 47.4 Å². The Labute approximate surface area is 127 Å². The molecule has 2 aromatic rings. The van der Waals surface area contributed by atoms with Gasteiger partial charge in [-0.25, -0.2) is 4.39 Å². The van der Waals surface area contributed by atoms with E-state index in [-0.39, 0.29) is 12.4 Å². The van der Waals surface area contributed by atoms with Crippen molar-refractivity contribution in [2.24, 2.45) is 5.73 Å². The van der Waals surface area contributed by atoms with Gasteiger partial charge in [0.15, 0.2) is 0 Å². The van der Waals surface area contributed by atoms with Gasteiger partial charge in [-0.05, 0) is 42.0 Å². The number of halogens is 2. The van der Waals surface area contributed by atoms with Gasteiger partial charge in [-0.3, -0.25) is 0 Å². The lowest BCUT2D eigenvalue weighted by atomic mass is 10.1. The smallest absolute Gasteiger partial charge is 0.124 e. The Morgan fingerprint density at radius 2 is 2.05 bits per heavy atom. The van der Waals surface area contributed by atoms with E-state index in [4.69, 9.17) is 17.3 Å². The zero-order chi connectivity index (χ0) is 14.4. The lowest BCUT2D eigenvalue weighted by molar-refractivity contribution is 0.626. The molecule has 2 N–H and O–H groups in total. The van der Waals surface area contributed by atoms with Crippen LogP contribution >= 0.6 is 23.4 Å². The molecule has 20 heavy (non-hydrogen) atoms. The van der Waals surface area contributed by atoms with Crippen LogP contribution in [0.2, 0.25) is 5.02 Å². The van der Waals surface area contributed by atoms with Crippen LogP contribution in [0.5, 0.6) is 0 Å². The maximum Gasteiger partial charge on any atom is 0.124 e. The first kappa shape index (κ1) is 14.9. The third-order valence-corrected chi connectivity index (χ3v) is 3.79. The Hall–Kier alpha value is -1.47. The summed E-state index contributed by atoms with van der Waals surface area (Å²) in [6, 6.07) is 12.4. The molecule has 0 aromatic heterocycles. The SMILES string of the molecule is NCC#Cc1cc(F)cc(CSc2cccc(Cl)c2)c1. The zero-order valence-corrected chi connectivity index (χ0v) is 12.3. The van der Waals surface area contributed by atoms with Gasteiger partial charge in [0.1, 0.15) is 5.82 Å². The van der Waals surface area contributed by atoms with E-state index in [1.807, 2.05) is 30.3 Å². The maximum atomic E-state index is 13.5. The van der Waals surface area contributed by atoms with E-state index in [2.05, 4.69) is 11.8 Å². The van der Waals surface area contributed by atoms with Crippen molar-refractivity contribution in [2.75, 3.05) is 6.54 Å². The summed E-state index contributed by atoms with van der Waals surface area (Å²) in [6.45, 7) is 0.267. The van der Waals surface area contributed by atoms with Crippen molar-refractivity contribution in [3.63, 3.8) is 0 Å². The molecule has 0 amide bonds. The first-order valence-electron chi connectivity index (χ1n) is 6.04. The van der Waals surface area contributed by atoms with Crippen molar-refractivity contribution >= 4 is 23.4 Å². The fourth-order valence-corrected chi connectivity index (χ4v) is 2.82. The van der Waals surface area contributed by atoms with Crippen LogP contribution in [-0.2, 0) is 5.75 Å². The van der Waals surface area contributed by atoms with Gasteiger partial charge < -0.3 is 5.73 Å². The van der Waals surface area contributed by atoms with Gasteiger partial charge in [-0.15, -0.1) is 11.8 Å². The number of nitrogens with two attached hydrogens (primary N) is 1. The van der Waals surface area contributed by atoms with Crippen LogP contribution in [0, 0.1) is 17.7 Å². The molecule has 0 saturated heterocycles. The largest absolute Gasteiger partial charge is 0.320 e. The average molecular weight is 306 g/mol. The summed E-state index contributed by atoms with van der Waals surface area (Å²) < 4.78 is 13.5. The van der Waals surface area contributed by atoms with E-state index in [1.54, 1.807) is 11.8 Å². The molecule has 0 heterocycles.